The lowest BCUT2D eigenvalue weighted by Crippen LogP contribution is -2.57. The number of carbonyl (C=O) groups is 6. The number of carboxylic acid groups (broad SMARTS) is 3. The zero-order valence-electron chi connectivity index (χ0n) is 17.1. The van der Waals surface area contributed by atoms with Crippen LogP contribution in [0, 0.1) is 0 Å². The Balaban J connectivity index is 5.47. The van der Waals surface area contributed by atoms with Gasteiger partial charge in [-0.25, -0.2) is 4.79 Å². The predicted octanol–water partition coefficient (Wildman–Crippen LogP) is -2.03. The van der Waals surface area contributed by atoms with E-state index < -0.39 is 72.6 Å². The molecule has 14 heteroatoms. The van der Waals surface area contributed by atoms with E-state index in [0.717, 1.165) is 0 Å². The molecular weight excluding hydrogens is 436 g/mol. The van der Waals surface area contributed by atoms with Crippen LogP contribution in [0.2, 0.25) is 0 Å². The van der Waals surface area contributed by atoms with Crippen LogP contribution >= 0.6 is 11.8 Å². The quantitative estimate of drug-likeness (QED) is 0.140. The standard InChI is InChI=1S/C17H28N4O9S/c1-8(18)14(26)19-10(5-6-31-2)16(28)20-9(3-4-12(22)23)15(27)21-11(17(29)30)7-13(24)25/h8-11H,3-7,18H2,1-2H3,(H,19,26)(H,20,28)(H,21,27)(H,22,23)(H,24,25)(H,29,30). The highest BCUT2D eigenvalue weighted by atomic mass is 32.2. The second-order valence-electron chi connectivity index (χ2n) is 6.62. The van der Waals surface area contributed by atoms with E-state index in [0.29, 0.717) is 5.75 Å². The van der Waals surface area contributed by atoms with Crippen molar-refractivity contribution in [1.82, 2.24) is 16.0 Å². The number of thioether (sulfide) groups is 1. The van der Waals surface area contributed by atoms with Crippen LogP contribution in [0.4, 0.5) is 0 Å². The summed E-state index contributed by atoms with van der Waals surface area (Å²) in [6.45, 7) is 1.41. The largest absolute Gasteiger partial charge is 0.481 e. The van der Waals surface area contributed by atoms with Crippen LogP contribution in [0.15, 0.2) is 0 Å². The first-order valence-electron chi connectivity index (χ1n) is 9.21. The van der Waals surface area contributed by atoms with Gasteiger partial charge in [-0.15, -0.1) is 0 Å². The Morgan fingerprint density at radius 1 is 0.806 bits per heavy atom. The lowest BCUT2D eigenvalue weighted by molar-refractivity contribution is -0.147. The second-order valence-corrected chi connectivity index (χ2v) is 7.61. The number of rotatable bonds is 15. The van der Waals surface area contributed by atoms with Gasteiger partial charge in [-0.2, -0.15) is 11.8 Å². The Bertz CT molecular complexity index is 687. The first-order valence-corrected chi connectivity index (χ1v) is 10.6. The molecule has 0 spiro atoms. The predicted molar refractivity (Wildman–Crippen MR) is 109 cm³/mol. The molecule has 0 heterocycles. The Hall–Kier alpha value is -2.87. The van der Waals surface area contributed by atoms with Crippen LogP contribution in [-0.4, -0.2) is 87.1 Å². The van der Waals surface area contributed by atoms with Crippen molar-refractivity contribution in [2.24, 2.45) is 5.73 Å². The van der Waals surface area contributed by atoms with E-state index >= 15 is 0 Å². The zero-order valence-corrected chi connectivity index (χ0v) is 17.9. The monoisotopic (exact) mass is 464 g/mol. The highest BCUT2D eigenvalue weighted by Crippen LogP contribution is 2.05. The Morgan fingerprint density at radius 3 is 1.71 bits per heavy atom. The third-order valence-corrected chi connectivity index (χ3v) is 4.57. The van der Waals surface area contributed by atoms with Gasteiger partial charge in [0, 0.05) is 6.42 Å². The molecule has 31 heavy (non-hydrogen) atoms. The van der Waals surface area contributed by atoms with Crippen molar-refractivity contribution in [3.05, 3.63) is 0 Å². The van der Waals surface area contributed by atoms with Crippen LogP contribution in [0.25, 0.3) is 0 Å². The minimum Gasteiger partial charge on any atom is -0.481 e. The molecule has 0 aromatic rings. The van der Waals surface area contributed by atoms with Gasteiger partial charge in [0.05, 0.1) is 12.5 Å². The fourth-order valence-corrected chi connectivity index (χ4v) is 2.74. The SMILES string of the molecule is CSCCC(NC(=O)C(C)N)C(=O)NC(CCC(=O)O)C(=O)NC(CC(=O)O)C(=O)O. The van der Waals surface area contributed by atoms with Crippen molar-refractivity contribution < 1.29 is 44.1 Å². The molecule has 0 saturated heterocycles. The minimum atomic E-state index is -1.78. The molecule has 0 rings (SSSR count). The van der Waals surface area contributed by atoms with E-state index in [1.807, 2.05) is 5.32 Å². The van der Waals surface area contributed by atoms with Gasteiger partial charge in [0.25, 0.3) is 0 Å². The number of amides is 3. The maximum absolute atomic E-state index is 12.7. The summed E-state index contributed by atoms with van der Waals surface area (Å²) in [6, 6.07) is -5.22. The van der Waals surface area contributed by atoms with Gasteiger partial charge in [-0.1, -0.05) is 0 Å². The summed E-state index contributed by atoms with van der Waals surface area (Å²) < 4.78 is 0. The molecular formula is C17H28N4O9S. The van der Waals surface area contributed by atoms with Crippen molar-refractivity contribution in [3.63, 3.8) is 0 Å². The van der Waals surface area contributed by atoms with Gasteiger partial charge >= 0.3 is 17.9 Å². The Kier molecular flexibility index (Phi) is 12.9. The smallest absolute Gasteiger partial charge is 0.326 e. The van der Waals surface area contributed by atoms with Gasteiger partial charge < -0.3 is 37.0 Å². The molecule has 0 saturated carbocycles. The first-order chi connectivity index (χ1) is 14.4. The van der Waals surface area contributed by atoms with Crippen molar-refractivity contribution in [2.75, 3.05) is 12.0 Å². The highest BCUT2D eigenvalue weighted by Gasteiger charge is 2.31. The molecule has 0 radical (unpaired) electrons. The van der Waals surface area contributed by atoms with E-state index in [4.69, 9.17) is 21.1 Å². The molecule has 0 aliphatic rings. The van der Waals surface area contributed by atoms with Crippen LogP contribution in [0.3, 0.4) is 0 Å². The molecule has 0 aromatic carbocycles. The van der Waals surface area contributed by atoms with Gasteiger partial charge in [0.1, 0.15) is 18.1 Å². The number of hydrogen-bond donors (Lipinski definition) is 7. The van der Waals surface area contributed by atoms with E-state index in [-0.39, 0.29) is 12.8 Å². The number of carboxylic acids is 3. The Morgan fingerprint density at radius 2 is 1.29 bits per heavy atom. The zero-order chi connectivity index (χ0) is 24.1. The highest BCUT2D eigenvalue weighted by molar-refractivity contribution is 7.98. The van der Waals surface area contributed by atoms with E-state index in [2.05, 4.69) is 10.6 Å². The van der Waals surface area contributed by atoms with Crippen LogP contribution in [0.5, 0.6) is 0 Å². The summed E-state index contributed by atoms with van der Waals surface area (Å²) in [7, 11) is 0. The molecule has 4 atom stereocenters. The van der Waals surface area contributed by atoms with Crippen LogP contribution < -0.4 is 21.7 Å². The molecule has 0 fully saturated rings. The van der Waals surface area contributed by atoms with Crippen molar-refractivity contribution in [2.45, 2.75) is 56.8 Å². The number of aliphatic carboxylic acids is 3. The molecule has 0 bridgehead atoms. The minimum absolute atomic E-state index is 0.190. The summed E-state index contributed by atoms with van der Waals surface area (Å²) in [5, 5.41) is 33.4. The number of nitrogens with two attached hydrogens (primary N) is 1. The molecule has 13 nitrogen and oxygen atoms in total. The van der Waals surface area contributed by atoms with Gasteiger partial charge in [0.2, 0.25) is 17.7 Å². The summed E-state index contributed by atoms with van der Waals surface area (Å²) in [5.41, 5.74) is 5.48. The number of nitrogens with one attached hydrogen (secondary N) is 3. The van der Waals surface area contributed by atoms with E-state index in [1.54, 1.807) is 6.26 Å². The molecule has 0 aliphatic carbocycles. The maximum atomic E-state index is 12.7. The molecule has 0 aliphatic heterocycles. The Labute approximate surface area is 182 Å². The van der Waals surface area contributed by atoms with E-state index in [9.17, 15) is 28.8 Å². The summed E-state index contributed by atoms with van der Waals surface area (Å²) >= 11 is 1.40. The first kappa shape index (κ1) is 28.1. The van der Waals surface area contributed by atoms with E-state index in [1.165, 1.54) is 18.7 Å². The number of carbonyl (C=O) groups excluding carboxylic acids is 3. The lowest BCUT2D eigenvalue weighted by atomic mass is 10.1. The van der Waals surface area contributed by atoms with Gasteiger partial charge in [0.15, 0.2) is 0 Å². The van der Waals surface area contributed by atoms with Crippen molar-refractivity contribution in [1.29, 1.82) is 0 Å². The average molecular weight is 464 g/mol. The van der Waals surface area contributed by atoms with Crippen LogP contribution in [-0.2, 0) is 28.8 Å². The normalized spacial score (nSPS) is 14.4. The lowest BCUT2D eigenvalue weighted by Gasteiger charge is -2.24. The topological polar surface area (TPSA) is 225 Å². The van der Waals surface area contributed by atoms with Gasteiger partial charge in [-0.05, 0) is 31.8 Å². The van der Waals surface area contributed by atoms with Crippen LogP contribution in [0.1, 0.15) is 32.6 Å². The fourth-order valence-electron chi connectivity index (χ4n) is 2.26. The summed E-state index contributed by atoms with van der Waals surface area (Å²) in [5.74, 6) is -6.35. The molecule has 3 amide bonds. The molecule has 0 aromatic heterocycles. The number of hydrogen-bond acceptors (Lipinski definition) is 8. The molecule has 8 N–H and O–H groups in total. The third kappa shape index (κ3) is 11.8. The second kappa shape index (κ2) is 14.2. The molecule has 176 valence electrons. The average Bonchev–Trinajstić information content (AvgIpc) is 2.66. The van der Waals surface area contributed by atoms with Crippen molar-refractivity contribution in [3.8, 4) is 0 Å². The fraction of sp³-hybridized carbons (Fsp3) is 0.647. The maximum Gasteiger partial charge on any atom is 0.326 e. The van der Waals surface area contributed by atoms with Crippen molar-refractivity contribution >= 4 is 47.4 Å². The molecule has 4 unspecified atom stereocenters. The third-order valence-electron chi connectivity index (χ3n) is 3.93. The summed E-state index contributed by atoms with van der Waals surface area (Å²) in [6.07, 6.45) is 0.135. The summed E-state index contributed by atoms with van der Waals surface area (Å²) in [4.78, 5) is 69.9. The van der Waals surface area contributed by atoms with Gasteiger partial charge in [-0.3, -0.25) is 24.0 Å².